The van der Waals surface area contributed by atoms with Gasteiger partial charge >= 0.3 is 0 Å². The quantitative estimate of drug-likeness (QED) is 0.488. The Morgan fingerprint density at radius 3 is 2.39 bits per heavy atom. The Labute approximate surface area is 162 Å². The van der Waals surface area contributed by atoms with E-state index >= 15 is 0 Å². The van der Waals surface area contributed by atoms with Gasteiger partial charge in [0.1, 0.15) is 0 Å². The maximum absolute atomic E-state index is 13.4. The molecule has 136 valence electrons. The highest BCUT2D eigenvalue weighted by Gasteiger charge is 2.28. The zero-order valence-corrected chi connectivity index (χ0v) is 15.6. The van der Waals surface area contributed by atoms with Gasteiger partial charge in [-0.05, 0) is 47.9 Å². The minimum atomic E-state index is -0.0861. The first-order chi connectivity index (χ1) is 13.5. The van der Waals surface area contributed by atoms with E-state index in [9.17, 15) is 9.59 Å². The van der Waals surface area contributed by atoms with E-state index in [4.69, 9.17) is 0 Å². The maximum atomic E-state index is 13.4. The second kappa shape index (κ2) is 5.92. The van der Waals surface area contributed by atoms with Gasteiger partial charge in [0.15, 0.2) is 5.78 Å². The van der Waals surface area contributed by atoms with Gasteiger partial charge in [-0.15, -0.1) is 0 Å². The van der Waals surface area contributed by atoms with Gasteiger partial charge in [-0.25, -0.2) is 0 Å². The number of benzene rings is 3. The van der Waals surface area contributed by atoms with Crippen LogP contribution in [0.4, 0.5) is 11.4 Å². The number of aromatic nitrogens is 1. The van der Waals surface area contributed by atoms with Crippen LogP contribution in [0, 0.1) is 6.92 Å². The summed E-state index contributed by atoms with van der Waals surface area (Å²) in [6.07, 6.45) is 0. The van der Waals surface area contributed by atoms with Crippen LogP contribution in [0.1, 0.15) is 21.5 Å². The molecule has 28 heavy (non-hydrogen) atoms. The Balaban J connectivity index is 1.86. The van der Waals surface area contributed by atoms with E-state index in [1.165, 1.54) is 0 Å². The molecule has 0 atom stereocenters. The van der Waals surface area contributed by atoms with Gasteiger partial charge in [0, 0.05) is 29.8 Å². The normalized spacial score (nSPS) is 12.1. The second-order valence-corrected chi connectivity index (χ2v) is 7.21. The van der Waals surface area contributed by atoms with Crippen LogP contribution in [-0.4, -0.2) is 10.4 Å². The molecule has 0 aliphatic heterocycles. The van der Waals surface area contributed by atoms with Gasteiger partial charge in [-0.3, -0.25) is 9.59 Å². The Kier molecular flexibility index (Phi) is 3.49. The van der Waals surface area contributed by atoms with Crippen molar-refractivity contribution in [2.45, 2.75) is 6.92 Å². The number of hydrogen-bond acceptors (Lipinski definition) is 3. The number of anilines is 2. The highest BCUT2D eigenvalue weighted by Crippen LogP contribution is 2.41. The fraction of sp³-hybridized carbons (Fsp3) is 0.0833. The van der Waals surface area contributed by atoms with Crippen molar-refractivity contribution in [2.75, 3.05) is 5.32 Å². The zero-order valence-electron chi connectivity index (χ0n) is 15.6. The molecule has 1 heterocycles. The molecule has 4 nitrogen and oxygen atoms in total. The molecule has 0 saturated heterocycles. The third-order valence-electron chi connectivity index (χ3n) is 5.40. The van der Waals surface area contributed by atoms with Crippen LogP contribution in [0.15, 0.2) is 71.5 Å². The average molecular weight is 366 g/mol. The first-order valence-corrected chi connectivity index (χ1v) is 9.19. The smallest absolute Gasteiger partial charge is 0.251 e. The van der Waals surface area contributed by atoms with E-state index < -0.39 is 0 Å². The Bertz CT molecular complexity index is 1350. The van der Waals surface area contributed by atoms with Crippen LogP contribution >= 0.6 is 0 Å². The van der Waals surface area contributed by atoms with Crippen LogP contribution in [0.2, 0.25) is 0 Å². The molecule has 0 spiro atoms. The molecule has 3 aromatic carbocycles. The third kappa shape index (κ3) is 2.31. The van der Waals surface area contributed by atoms with Gasteiger partial charge in [0.25, 0.3) is 5.56 Å². The molecule has 5 rings (SSSR count). The Morgan fingerprint density at radius 1 is 0.821 bits per heavy atom. The average Bonchev–Trinajstić information content (AvgIpc) is 2.69. The van der Waals surface area contributed by atoms with Crippen LogP contribution in [0.5, 0.6) is 0 Å². The number of rotatable bonds is 2. The van der Waals surface area contributed by atoms with Gasteiger partial charge in [-0.1, -0.05) is 36.4 Å². The van der Waals surface area contributed by atoms with Crippen LogP contribution in [0.3, 0.4) is 0 Å². The van der Waals surface area contributed by atoms with E-state index in [-0.39, 0.29) is 11.3 Å². The number of carbonyl (C=O) groups is 1. The molecule has 0 fully saturated rings. The molecule has 1 aromatic heterocycles. The lowest BCUT2D eigenvalue weighted by atomic mass is 9.83. The van der Waals surface area contributed by atoms with Gasteiger partial charge in [0.2, 0.25) is 0 Å². The van der Waals surface area contributed by atoms with Gasteiger partial charge in [-0.2, -0.15) is 0 Å². The highest BCUT2D eigenvalue weighted by atomic mass is 16.1. The van der Waals surface area contributed by atoms with Crippen LogP contribution < -0.4 is 10.9 Å². The second-order valence-electron chi connectivity index (χ2n) is 7.21. The lowest BCUT2D eigenvalue weighted by Gasteiger charge is -2.23. The topological polar surface area (TPSA) is 51.1 Å². The van der Waals surface area contributed by atoms with Crippen LogP contribution in [0.25, 0.3) is 22.0 Å². The van der Waals surface area contributed by atoms with Crippen molar-refractivity contribution in [3.05, 3.63) is 93.8 Å². The minimum absolute atomic E-state index is 0.0255. The fourth-order valence-electron chi connectivity index (χ4n) is 4.04. The number of fused-ring (bicyclic) bond motifs is 2. The van der Waals surface area contributed by atoms with Crippen molar-refractivity contribution in [2.24, 2.45) is 7.05 Å². The van der Waals surface area contributed by atoms with Crippen molar-refractivity contribution in [3.8, 4) is 11.1 Å². The molecule has 0 saturated carbocycles. The molecule has 0 unspecified atom stereocenters. The summed E-state index contributed by atoms with van der Waals surface area (Å²) in [5.74, 6) is -0.0255. The summed E-state index contributed by atoms with van der Waals surface area (Å²) in [7, 11) is 1.74. The summed E-state index contributed by atoms with van der Waals surface area (Å²) >= 11 is 0. The number of nitrogens with one attached hydrogen (secondary N) is 1. The number of hydrogen-bond donors (Lipinski definition) is 1. The first-order valence-electron chi connectivity index (χ1n) is 9.19. The predicted octanol–water partition coefficient (Wildman–Crippen LogP) is 4.80. The van der Waals surface area contributed by atoms with Gasteiger partial charge < -0.3 is 9.88 Å². The van der Waals surface area contributed by atoms with Crippen molar-refractivity contribution in [3.63, 3.8) is 0 Å². The van der Waals surface area contributed by atoms with Crippen molar-refractivity contribution >= 4 is 28.1 Å². The number of ketones is 1. The van der Waals surface area contributed by atoms with E-state index in [1.807, 2.05) is 67.6 Å². The van der Waals surface area contributed by atoms with Crippen molar-refractivity contribution in [1.29, 1.82) is 0 Å². The van der Waals surface area contributed by atoms with E-state index in [0.717, 1.165) is 39.0 Å². The highest BCUT2D eigenvalue weighted by molar-refractivity contribution is 6.28. The maximum Gasteiger partial charge on any atom is 0.251 e. The third-order valence-corrected chi connectivity index (χ3v) is 5.40. The zero-order chi connectivity index (χ0) is 19.4. The summed E-state index contributed by atoms with van der Waals surface area (Å²) in [6, 6.07) is 20.9. The molecule has 1 N–H and O–H groups in total. The largest absolute Gasteiger partial charge is 0.355 e. The number of nitrogens with zero attached hydrogens (tertiary/aromatic N) is 1. The molecule has 4 heteroatoms. The molecule has 1 aliphatic carbocycles. The van der Waals surface area contributed by atoms with E-state index in [2.05, 4.69) is 5.32 Å². The fourth-order valence-corrected chi connectivity index (χ4v) is 4.04. The number of carbonyl (C=O) groups excluding carboxylic acids is 1. The molecule has 4 aromatic rings. The molecular weight excluding hydrogens is 348 g/mol. The summed E-state index contributed by atoms with van der Waals surface area (Å²) < 4.78 is 1.60. The summed E-state index contributed by atoms with van der Waals surface area (Å²) in [5.41, 5.74) is 6.36. The van der Waals surface area contributed by atoms with Crippen molar-refractivity contribution < 1.29 is 4.79 Å². The lowest BCUT2D eigenvalue weighted by molar-refractivity contribution is 0.104. The predicted molar refractivity (Wildman–Crippen MR) is 113 cm³/mol. The van der Waals surface area contributed by atoms with E-state index in [1.54, 1.807) is 17.7 Å². The standard InChI is InChI=1S/C24H18N2O2/c1-14-6-5-7-15(12-14)25-19-10-11-20-22-18(13-21(27)26(20)2)16-8-3-4-9-17(16)24(28)23(19)22/h3-13,25H,1-2H3. The van der Waals surface area contributed by atoms with Crippen molar-refractivity contribution in [1.82, 2.24) is 4.57 Å². The molecule has 0 amide bonds. The van der Waals surface area contributed by atoms with E-state index in [0.29, 0.717) is 11.1 Å². The van der Waals surface area contributed by atoms with Gasteiger partial charge in [0.05, 0.1) is 16.8 Å². The van der Waals surface area contributed by atoms with Crippen LogP contribution in [-0.2, 0) is 7.05 Å². The number of pyridine rings is 1. The lowest BCUT2D eigenvalue weighted by Crippen LogP contribution is -2.21. The Morgan fingerprint density at radius 2 is 1.61 bits per heavy atom. The molecule has 1 aliphatic rings. The monoisotopic (exact) mass is 366 g/mol. The summed E-state index contributed by atoms with van der Waals surface area (Å²) in [6.45, 7) is 2.03. The Hall–Kier alpha value is -3.66. The number of aryl methyl sites for hydroxylation is 2. The molecule has 0 radical (unpaired) electrons. The summed E-state index contributed by atoms with van der Waals surface area (Å²) in [5, 5.41) is 4.23. The SMILES string of the molecule is Cc1cccc(Nc2ccc3c4c(cc(=O)n3C)-c3ccccc3C(=O)c24)c1. The first kappa shape index (κ1) is 16.5. The molecular formula is C24H18N2O2. The molecule has 0 bridgehead atoms. The minimum Gasteiger partial charge on any atom is -0.355 e. The summed E-state index contributed by atoms with van der Waals surface area (Å²) in [4.78, 5) is 26.0.